The first-order valence-electron chi connectivity index (χ1n) is 10.9. The zero-order chi connectivity index (χ0) is 23.5. The monoisotopic (exact) mass is 445 g/mol. The van der Waals surface area contributed by atoms with Crippen LogP contribution in [0.3, 0.4) is 0 Å². The average Bonchev–Trinajstić information content (AvgIpc) is 3.08. The number of hydrogen-bond acceptors (Lipinski definition) is 4. The Labute approximate surface area is 193 Å². The van der Waals surface area contributed by atoms with Crippen molar-refractivity contribution in [1.82, 2.24) is 4.90 Å². The predicted molar refractivity (Wildman–Crippen MR) is 125 cm³/mol. The van der Waals surface area contributed by atoms with Gasteiger partial charge in [0.15, 0.2) is 0 Å². The molecule has 4 rings (SSSR count). The van der Waals surface area contributed by atoms with Crippen LogP contribution in [0.2, 0.25) is 0 Å². The van der Waals surface area contributed by atoms with Gasteiger partial charge in [-0.05, 0) is 48.2 Å². The predicted octanol–water partition coefficient (Wildman–Crippen LogP) is 5.38. The minimum absolute atomic E-state index is 0.0770. The third kappa shape index (κ3) is 4.70. The van der Waals surface area contributed by atoms with Crippen LogP contribution >= 0.6 is 0 Å². The van der Waals surface area contributed by atoms with Gasteiger partial charge < -0.3 is 14.6 Å². The normalized spacial score (nSPS) is 17.7. The third-order valence-corrected chi connectivity index (χ3v) is 6.03. The highest BCUT2D eigenvalue weighted by molar-refractivity contribution is 5.78. The van der Waals surface area contributed by atoms with Crippen LogP contribution in [0.15, 0.2) is 66.7 Å². The lowest BCUT2D eigenvalue weighted by atomic mass is 9.94. The van der Waals surface area contributed by atoms with Gasteiger partial charge in [0.25, 0.3) is 0 Å². The van der Waals surface area contributed by atoms with Gasteiger partial charge in [0.2, 0.25) is 0 Å². The number of benzene rings is 3. The Bertz CT molecular complexity index is 1170. The number of amides is 1. The number of carbonyl (C=O) groups is 2. The molecule has 1 aliphatic heterocycles. The number of carbonyl (C=O) groups excluding carboxylic acids is 1. The van der Waals surface area contributed by atoms with Crippen molar-refractivity contribution in [3.05, 3.63) is 89.0 Å². The molecule has 0 bridgehead atoms. The summed E-state index contributed by atoms with van der Waals surface area (Å²) in [4.78, 5) is 25.8. The van der Waals surface area contributed by atoms with Gasteiger partial charge >= 0.3 is 12.1 Å². The van der Waals surface area contributed by atoms with E-state index in [0.717, 1.165) is 27.8 Å². The first-order valence-corrected chi connectivity index (χ1v) is 10.9. The molecule has 2 atom stereocenters. The van der Waals surface area contributed by atoms with Crippen LogP contribution in [0, 0.1) is 6.92 Å². The maximum Gasteiger partial charge on any atom is 0.411 e. The molecule has 0 saturated carbocycles. The molecule has 33 heavy (non-hydrogen) atoms. The number of cyclic esters (lactones) is 1. The highest BCUT2D eigenvalue weighted by Crippen LogP contribution is 2.38. The maximum absolute atomic E-state index is 12.8. The summed E-state index contributed by atoms with van der Waals surface area (Å²) in [6.45, 7) is 4.36. The highest BCUT2D eigenvalue weighted by Gasteiger charge is 2.39. The van der Waals surface area contributed by atoms with Crippen LogP contribution in [0.1, 0.15) is 35.3 Å². The number of aryl methyl sites for hydroxylation is 1. The Hall–Kier alpha value is -3.80. The Kier molecular flexibility index (Phi) is 6.36. The fraction of sp³-hybridized carbons (Fsp3) is 0.259. The number of methoxy groups -OCH3 is 1. The standard InChI is InChI=1S/C27H27NO5/c1-17-9-11-22(23-14-19(15-25(29)30)10-12-24(23)32-3)21(13-17)16-28-18(2)26(33-27(28)31)20-7-5-4-6-8-20/h4-14,18,26H,15-16H2,1-3H3,(H,29,30)/t18-,26-/m1/s1. The summed E-state index contributed by atoms with van der Waals surface area (Å²) >= 11 is 0. The van der Waals surface area contributed by atoms with Crippen LogP contribution in [0.4, 0.5) is 4.79 Å². The molecule has 1 aliphatic rings. The van der Waals surface area contributed by atoms with E-state index in [1.807, 2.05) is 62.4 Å². The van der Waals surface area contributed by atoms with E-state index in [9.17, 15) is 14.7 Å². The van der Waals surface area contributed by atoms with E-state index in [1.54, 1.807) is 24.1 Å². The lowest BCUT2D eigenvalue weighted by Crippen LogP contribution is -2.31. The van der Waals surface area contributed by atoms with Crippen LogP contribution in [-0.4, -0.2) is 35.2 Å². The van der Waals surface area contributed by atoms with Crippen molar-refractivity contribution >= 4 is 12.1 Å². The summed E-state index contributed by atoms with van der Waals surface area (Å²) in [5, 5.41) is 9.22. The number of nitrogens with zero attached hydrogens (tertiary/aromatic N) is 1. The molecule has 1 heterocycles. The van der Waals surface area contributed by atoms with Gasteiger partial charge in [-0.3, -0.25) is 9.69 Å². The van der Waals surface area contributed by atoms with Gasteiger partial charge in [-0.15, -0.1) is 0 Å². The Morgan fingerprint density at radius 1 is 1.06 bits per heavy atom. The summed E-state index contributed by atoms with van der Waals surface area (Å²) < 4.78 is 11.3. The first kappa shape index (κ1) is 22.4. The molecular weight excluding hydrogens is 418 g/mol. The fourth-order valence-electron chi connectivity index (χ4n) is 4.35. The van der Waals surface area contributed by atoms with Gasteiger partial charge in [0.1, 0.15) is 11.9 Å². The molecule has 0 aromatic heterocycles. The second kappa shape index (κ2) is 9.36. The molecule has 6 heteroatoms. The molecule has 1 amide bonds. The van der Waals surface area contributed by atoms with E-state index >= 15 is 0 Å². The molecule has 0 aliphatic carbocycles. The number of carboxylic acid groups (broad SMARTS) is 1. The second-order valence-corrected chi connectivity index (χ2v) is 8.35. The lowest BCUT2D eigenvalue weighted by Gasteiger charge is -2.23. The third-order valence-electron chi connectivity index (χ3n) is 6.03. The molecule has 1 N–H and O–H groups in total. The van der Waals surface area contributed by atoms with Crippen molar-refractivity contribution < 1.29 is 24.2 Å². The molecule has 1 fully saturated rings. The molecule has 0 unspecified atom stereocenters. The molecular formula is C27H27NO5. The minimum atomic E-state index is -0.893. The summed E-state index contributed by atoms with van der Waals surface area (Å²) in [5.41, 5.74) is 5.35. The average molecular weight is 446 g/mol. The maximum atomic E-state index is 12.8. The van der Waals surface area contributed by atoms with Gasteiger partial charge in [-0.1, -0.05) is 60.2 Å². The smallest absolute Gasteiger partial charge is 0.411 e. The minimum Gasteiger partial charge on any atom is -0.496 e. The molecule has 3 aromatic rings. The molecule has 1 saturated heterocycles. The van der Waals surface area contributed by atoms with Gasteiger partial charge in [0.05, 0.1) is 26.1 Å². The van der Waals surface area contributed by atoms with Crippen molar-refractivity contribution in [2.24, 2.45) is 0 Å². The van der Waals surface area contributed by atoms with Crippen molar-refractivity contribution in [2.75, 3.05) is 7.11 Å². The van der Waals surface area contributed by atoms with E-state index in [2.05, 4.69) is 6.07 Å². The fourth-order valence-corrected chi connectivity index (χ4v) is 4.35. The van der Waals surface area contributed by atoms with Gasteiger partial charge in [-0.2, -0.15) is 0 Å². The van der Waals surface area contributed by atoms with Crippen molar-refractivity contribution in [3.8, 4) is 16.9 Å². The van der Waals surface area contributed by atoms with Crippen LogP contribution < -0.4 is 4.74 Å². The molecule has 6 nitrogen and oxygen atoms in total. The van der Waals surface area contributed by atoms with Gasteiger partial charge in [-0.25, -0.2) is 4.79 Å². The molecule has 0 radical (unpaired) electrons. The van der Waals surface area contributed by atoms with E-state index < -0.39 is 5.97 Å². The van der Waals surface area contributed by atoms with E-state index in [0.29, 0.717) is 17.9 Å². The first-order chi connectivity index (χ1) is 15.9. The zero-order valence-corrected chi connectivity index (χ0v) is 18.9. The highest BCUT2D eigenvalue weighted by atomic mass is 16.6. The van der Waals surface area contributed by atoms with Crippen LogP contribution in [0.5, 0.6) is 5.75 Å². The van der Waals surface area contributed by atoms with Crippen molar-refractivity contribution in [2.45, 2.75) is 39.0 Å². The quantitative estimate of drug-likeness (QED) is 0.528. The number of hydrogen-bond donors (Lipinski definition) is 1. The summed E-state index contributed by atoms with van der Waals surface area (Å²) in [7, 11) is 1.59. The number of rotatable bonds is 7. The van der Waals surface area contributed by atoms with Crippen molar-refractivity contribution in [3.63, 3.8) is 0 Å². The molecule has 170 valence electrons. The Balaban J connectivity index is 1.70. The SMILES string of the molecule is COc1ccc(CC(=O)O)cc1-c1ccc(C)cc1CN1C(=O)O[C@@H](c2ccccc2)[C@H]1C. The lowest BCUT2D eigenvalue weighted by molar-refractivity contribution is -0.136. The topological polar surface area (TPSA) is 76.1 Å². The zero-order valence-electron chi connectivity index (χ0n) is 18.9. The van der Waals surface area contributed by atoms with E-state index in [4.69, 9.17) is 9.47 Å². The van der Waals surface area contributed by atoms with Crippen LogP contribution in [0.25, 0.3) is 11.1 Å². The summed E-state index contributed by atoms with van der Waals surface area (Å²) in [5.74, 6) is -0.246. The molecule has 3 aromatic carbocycles. The van der Waals surface area contributed by atoms with Gasteiger partial charge in [0, 0.05) is 5.56 Å². The number of aliphatic carboxylic acids is 1. The Morgan fingerprint density at radius 2 is 1.82 bits per heavy atom. The Morgan fingerprint density at radius 3 is 2.52 bits per heavy atom. The number of carboxylic acids is 1. The van der Waals surface area contributed by atoms with Crippen molar-refractivity contribution in [1.29, 1.82) is 0 Å². The summed E-state index contributed by atoms with van der Waals surface area (Å²) in [6, 6.07) is 21.0. The second-order valence-electron chi connectivity index (χ2n) is 8.35. The van der Waals surface area contributed by atoms with E-state index in [-0.39, 0.29) is 24.7 Å². The summed E-state index contributed by atoms with van der Waals surface area (Å²) in [6.07, 6.45) is -0.761. The number of ether oxygens (including phenoxy) is 2. The van der Waals surface area contributed by atoms with Crippen LogP contribution in [-0.2, 0) is 22.5 Å². The molecule has 0 spiro atoms. The van der Waals surface area contributed by atoms with E-state index in [1.165, 1.54) is 0 Å². The largest absolute Gasteiger partial charge is 0.496 e.